The zero-order valence-corrected chi connectivity index (χ0v) is 20.7. The van der Waals surface area contributed by atoms with Crippen LogP contribution in [-0.4, -0.2) is 34.0 Å². The van der Waals surface area contributed by atoms with Gasteiger partial charge in [0.05, 0.1) is 11.6 Å². The van der Waals surface area contributed by atoms with Gasteiger partial charge in [0.15, 0.2) is 0 Å². The number of anilines is 2. The van der Waals surface area contributed by atoms with Gasteiger partial charge >= 0.3 is 18.2 Å². The highest BCUT2D eigenvalue weighted by Gasteiger charge is 2.41. The lowest BCUT2D eigenvalue weighted by Gasteiger charge is -2.28. The molecule has 1 unspecified atom stereocenters. The van der Waals surface area contributed by atoms with Gasteiger partial charge in [-0.1, -0.05) is 37.6 Å². The van der Waals surface area contributed by atoms with Crippen LogP contribution in [0.4, 0.5) is 29.3 Å². The summed E-state index contributed by atoms with van der Waals surface area (Å²) in [5.74, 6) is -1.33. The van der Waals surface area contributed by atoms with E-state index in [1.807, 2.05) is 19.9 Å². The molecule has 0 fully saturated rings. The largest absolute Gasteiger partial charge is 0.480 e. The van der Waals surface area contributed by atoms with Crippen LogP contribution in [0.1, 0.15) is 54.2 Å². The van der Waals surface area contributed by atoms with E-state index in [-0.39, 0.29) is 11.6 Å². The SMILES string of the molecule is CCCC(C(=O)O)N1C(=O)c2ccc(-c3ccc(NC(=O)Nc4cccc(C(F)(F)F)c4)cc3)cc2[C@H]1C. The second kappa shape index (κ2) is 10.6. The number of carboxylic acid groups (broad SMARTS) is 1. The third-order valence-corrected chi connectivity index (χ3v) is 6.49. The number of alkyl halides is 3. The summed E-state index contributed by atoms with van der Waals surface area (Å²) in [5, 5.41) is 14.6. The fraction of sp³-hybridized carbons (Fsp3) is 0.250. The normalized spacial score (nSPS) is 15.7. The monoisotopic (exact) mass is 525 g/mol. The summed E-state index contributed by atoms with van der Waals surface area (Å²) in [6.45, 7) is 3.69. The number of amides is 3. The Labute approximate surface area is 217 Å². The molecule has 4 rings (SSSR count). The average Bonchev–Trinajstić information content (AvgIpc) is 3.11. The molecule has 0 aromatic heterocycles. The van der Waals surface area contributed by atoms with E-state index < -0.39 is 35.8 Å². The van der Waals surface area contributed by atoms with E-state index >= 15 is 0 Å². The molecule has 2 atom stereocenters. The third-order valence-electron chi connectivity index (χ3n) is 6.49. The lowest BCUT2D eigenvalue weighted by molar-refractivity contribution is -0.143. The van der Waals surface area contributed by atoms with Crippen molar-refractivity contribution in [2.45, 2.75) is 44.9 Å². The van der Waals surface area contributed by atoms with Gasteiger partial charge in [0, 0.05) is 16.9 Å². The van der Waals surface area contributed by atoms with E-state index in [0.29, 0.717) is 24.1 Å². The van der Waals surface area contributed by atoms with Gasteiger partial charge in [0.1, 0.15) is 6.04 Å². The quantitative estimate of drug-likeness (QED) is 0.316. The number of halogens is 3. The molecule has 0 radical (unpaired) electrons. The van der Waals surface area contributed by atoms with Gasteiger partial charge in [0.2, 0.25) is 0 Å². The van der Waals surface area contributed by atoms with Crippen LogP contribution in [0, 0.1) is 0 Å². The van der Waals surface area contributed by atoms with Gasteiger partial charge in [-0.2, -0.15) is 13.2 Å². The topological polar surface area (TPSA) is 98.7 Å². The van der Waals surface area contributed by atoms with Gasteiger partial charge in [-0.25, -0.2) is 9.59 Å². The molecule has 3 amide bonds. The molecule has 0 aliphatic carbocycles. The van der Waals surface area contributed by atoms with Crippen molar-refractivity contribution in [3.63, 3.8) is 0 Å². The second-order valence-corrected chi connectivity index (χ2v) is 9.07. The van der Waals surface area contributed by atoms with Gasteiger partial charge < -0.3 is 20.6 Å². The molecule has 0 saturated heterocycles. The van der Waals surface area contributed by atoms with E-state index in [1.165, 1.54) is 17.0 Å². The molecule has 7 nitrogen and oxygen atoms in total. The maximum Gasteiger partial charge on any atom is 0.416 e. The van der Waals surface area contributed by atoms with Crippen molar-refractivity contribution in [2.75, 3.05) is 10.6 Å². The number of carbonyl (C=O) groups excluding carboxylic acids is 2. The second-order valence-electron chi connectivity index (χ2n) is 9.07. The maximum absolute atomic E-state index is 13.0. The number of urea groups is 1. The Morgan fingerprint density at radius 1 is 0.974 bits per heavy atom. The molecular formula is C28H26F3N3O4. The van der Waals surface area contributed by atoms with Crippen molar-refractivity contribution < 1.29 is 32.7 Å². The molecule has 1 aliphatic rings. The van der Waals surface area contributed by atoms with E-state index in [0.717, 1.165) is 28.8 Å². The summed E-state index contributed by atoms with van der Waals surface area (Å²) in [5.41, 5.74) is 2.42. The minimum absolute atomic E-state index is 0.00821. The first kappa shape index (κ1) is 26.7. The van der Waals surface area contributed by atoms with E-state index in [2.05, 4.69) is 10.6 Å². The van der Waals surface area contributed by atoms with E-state index in [9.17, 15) is 32.7 Å². The lowest BCUT2D eigenvalue weighted by Crippen LogP contribution is -2.42. The van der Waals surface area contributed by atoms with Crippen LogP contribution in [0.3, 0.4) is 0 Å². The molecule has 0 bridgehead atoms. The summed E-state index contributed by atoms with van der Waals surface area (Å²) in [4.78, 5) is 38.5. The van der Waals surface area contributed by atoms with E-state index in [4.69, 9.17) is 0 Å². The molecule has 38 heavy (non-hydrogen) atoms. The summed E-state index contributed by atoms with van der Waals surface area (Å²) in [6, 6.07) is 14.5. The summed E-state index contributed by atoms with van der Waals surface area (Å²) < 4.78 is 38.7. The molecule has 10 heteroatoms. The summed E-state index contributed by atoms with van der Waals surface area (Å²) in [6.07, 6.45) is -3.52. The lowest BCUT2D eigenvalue weighted by atomic mass is 9.97. The van der Waals surface area contributed by atoms with Crippen LogP contribution in [-0.2, 0) is 11.0 Å². The number of hydrogen-bond donors (Lipinski definition) is 3. The Balaban J connectivity index is 1.47. The Morgan fingerprint density at radius 3 is 2.26 bits per heavy atom. The molecule has 0 saturated carbocycles. The van der Waals surface area contributed by atoms with Gasteiger partial charge in [0.25, 0.3) is 5.91 Å². The zero-order valence-electron chi connectivity index (χ0n) is 20.7. The van der Waals surface area contributed by atoms with Crippen LogP contribution in [0.2, 0.25) is 0 Å². The van der Waals surface area contributed by atoms with Crippen LogP contribution < -0.4 is 10.6 Å². The first-order valence-corrected chi connectivity index (χ1v) is 12.0. The standard InChI is InChI=1S/C28H26F3N3O4/c1-3-5-24(26(36)37)34-16(2)23-14-18(10-13-22(23)25(34)35)17-8-11-20(12-9-17)32-27(38)33-21-7-4-6-19(15-21)28(29,30)31/h4,6-16,24H,3,5H2,1-2H3,(H,36,37)(H2,32,33,38)/t16-,24?/m1/s1. The predicted octanol–water partition coefficient (Wildman–Crippen LogP) is 6.79. The van der Waals surface area contributed by atoms with Crippen molar-refractivity contribution in [3.8, 4) is 11.1 Å². The van der Waals surface area contributed by atoms with Crippen molar-refractivity contribution in [2.24, 2.45) is 0 Å². The Morgan fingerprint density at radius 2 is 1.63 bits per heavy atom. The number of nitrogens with one attached hydrogen (secondary N) is 2. The van der Waals surface area contributed by atoms with Crippen molar-refractivity contribution in [1.82, 2.24) is 4.90 Å². The van der Waals surface area contributed by atoms with Crippen LogP contribution in [0.15, 0.2) is 66.7 Å². The molecule has 1 heterocycles. The summed E-state index contributed by atoms with van der Waals surface area (Å²) >= 11 is 0. The number of hydrogen-bond acceptors (Lipinski definition) is 3. The van der Waals surface area contributed by atoms with Crippen LogP contribution in [0.5, 0.6) is 0 Å². The fourth-order valence-electron chi connectivity index (χ4n) is 4.63. The summed E-state index contributed by atoms with van der Waals surface area (Å²) in [7, 11) is 0. The van der Waals surface area contributed by atoms with Gasteiger partial charge in [-0.3, -0.25) is 4.79 Å². The average molecular weight is 526 g/mol. The number of carbonyl (C=O) groups is 3. The number of rotatable bonds is 7. The molecule has 198 valence electrons. The first-order chi connectivity index (χ1) is 18.0. The smallest absolute Gasteiger partial charge is 0.416 e. The zero-order chi connectivity index (χ0) is 27.6. The fourth-order valence-corrected chi connectivity index (χ4v) is 4.63. The first-order valence-electron chi connectivity index (χ1n) is 12.0. The molecular weight excluding hydrogens is 499 g/mol. The molecule has 1 aliphatic heterocycles. The van der Waals surface area contributed by atoms with Gasteiger partial charge in [-0.05, 0) is 72.5 Å². The van der Waals surface area contributed by atoms with E-state index in [1.54, 1.807) is 36.4 Å². The van der Waals surface area contributed by atoms with Crippen LogP contribution in [0.25, 0.3) is 11.1 Å². The van der Waals surface area contributed by atoms with Gasteiger partial charge in [-0.15, -0.1) is 0 Å². The Hall–Kier alpha value is -4.34. The minimum Gasteiger partial charge on any atom is -0.480 e. The number of aliphatic carboxylic acids is 1. The molecule has 3 N–H and O–H groups in total. The van der Waals surface area contributed by atoms with Crippen molar-refractivity contribution in [3.05, 3.63) is 83.4 Å². The molecule has 0 spiro atoms. The predicted molar refractivity (Wildman–Crippen MR) is 137 cm³/mol. The van der Waals surface area contributed by atoms with Crippen molar-refractivity contribution in [1.29, 1.82) is 0 Å². The highest BCUT2D eigenvalue weighted by molar-refractivity contribution is 6.02. The van der Waals surface area contributed by atoms with Crippen LogP contribution >= 0.6 is 0 Å². The number of carboxylic acids is 1. The number of nitrogens with zero attached hydrogens (tertiary/aromatic N) is 1. The van der Waals surface area contributed by atoms with Crippen molar-refractivity contribution >= 4 is 29.3 Å². The molecule has 3 aromatic rings. The third kappa shape index (κ3) is 5.49. The number of fused-ring (bicyclic) bond motifs is 1. The number of benzene rings is 3. The highest BCUT2D eigenvalue weighted by Crippen LogP contribution is 2.38. The maximum atomic E-state index is 13.0. The Bertz CT molecular complexity index is 1370. The highest BCUT2D eigenvalue weighted by atomic mass is 19.4. The Kier molecular flexibility index (Phi) is 7.43. The minimum atomic E-state index is -4.52. The molecule has 3 aromatic carbocycles.